The van der Waals surface area contributed by atoms with Crippen LogP contribution in [0.15, 0.2) is 0 Å². The molecule has 7 heteroatoms. The number of urea groups is 1. The van der Waals surface area contributed by atoms with Crippen LogP contribution in [0, 0.1) is 5.92 Å². The molecule has 27 heavy (non-hydrogen) atoms. The van der Waals surface area contributed by atoms with Crippen LogP contribution < -0.4 is 5.32 Å². The number of carbonyl (C=O) groups is 3. The SMILES string of the molecule is CC(CNC(=O)CN1C(=O)N(C)C2(CCCCC2)C1=O)CN1CCCCC1. The van der Waals surface area contributed by atoms with E-state index in [-0.39, 0.29) is 24.4 Å². The maximum atomic E-state index is 12.9. The van der Waals surface area contributed by atoms with Crippen molar-refractivity contribution in [2.45, 2.75) is 63.8 Å². The fourth-order valence-electron chi connectivity index (χ4n) is 4.81. The fraction of sp³-hybridized carbons (Fsp3) is 0.850. The topological polar surface area (TPSA) is 73.0 Å². The minimum atomic E-state index is -0.711. The molecule has 0 bridgehead atoms. The molecule has 0 aromatic rings. The minimum absolute atomic E-state index is 0.166. The molecule has 1 spiro atoms. The highest BCUT2D eigenvalue weighted by Gasteiger charge is 2.55. The highest BCUT2D eigenvalue weighted by atomic mass is 16.2. The Bertz CT molecular complexity index is 568. The highest BCUT2D eigenvalue weighted by Crippen LogP contribution is 2.39. The summed E-state index contributed by atoms with van der Waals surface area (Å²) < 4.78 is 0. The molecule has 1 saturated carbocycles. The number of likely N-dealkylation sites (tertiary alicyclic amines) is 1. The van der Waals surface area contributed by atoms with Crippen molar-refractivity contribution in [2.75, 3.05) is 39.8 Å². The van der Waals surface area contributed by atoms with Crippen LogP contribution in [0.1, 0.15) is 58.3 Å². The maximum Gasteiger partial charge on any atom is 0.327 e. The first-order valence-electron chi connectivity index (χ1n) is 10.5. The molecule has 2 saturated heterocycles. The molecule has 2 heterocycles. The molecule has 0 radical (unpaired) electrons. The van der Waals surface area contributed by atoms with Gasteiger partial charge in [-0.05, 0) is 44.7 Å². The second-order valence-electron chi connectivity index (χ2n) is 8.60. The van der Waals surface area contributed by atoms with E-state index in [9.17, 15) is 14.4 Å². The number of piperidine rings is 1. The van der Waals surface area contributed by atoms with Gasteiger partial charge in [0.2, 0.25) is 5.91 Å². The number of likely N-dealkylation sites (N-methyl/N-ethyl adjacent to an activating group) is 1. The van der Waals surface area contributed by atoms with Gasteiger partial charge in [0.25, 0.3) is 5.91 Å². The molecular weight excluding hydrogens is 344 g/mol. The van der Waals surface area contributed by atoms with Gasteiger partial charge in [-0.1, -0.05) is 32.6 Å². The molecule has 1 atom stereocenters. The number of rotatable bonds is 6. The average Bonchev–Trinajstić information content (AvgIpc) is 2.84. The van der Waals surface area contributed by atoms with Crippen molar-refractivity contribution in [3.8, 4) is 0 Å². The number of nitrogens with zero attached hydrogens (tertiary/aromatic N) is 3. The van der Waals surface area contributed by atoms with Crippen LogP contribution in [-0.2, 0) is 9.59 Å². The first-order valence-corrected chi connectivity index (χ1v) is 10.5. The summed E-state index contributed by atoms with van der Waals surface area (Å²) in [5.41, 5.74) is -0.711. The van der Waals surface area contributed by atoms with Gasteiger partial charge in [0.15, 0.2) is 0 Å². The Hall–Kier alpha value is -1.63. The van der Waals surface area contributed by atoms with Crippen molar-refractivity contribution in [3.05, 3.63) is 0 Å². The van der Waals surface area contributed by atoms with Crippen LogP contribution in [0.4, 0.5) is 4.79 Å². The van der Waals surface area contributed by atoms with Gasteiger partial charge in [0.1, 0.15) is 12.1 Å². The Morgan fingerprint density at radius 3 is 2.37 bits per heavy atom. The molecule has 152 valence electrons. The van der Waals surface area contributed by atoms with Gasteiger partial charge >= 0.3 is 6.03 Å². The molecule has 3 rings (SSSR count). The van der Waals surface area contributed by atoms with Crippen LogP contribution >= 0.6 is 0 Å². The van der Waals surface area contributed by atoms with E-state index in [4.69, 9.17) is 0 Å². The Kier molecular flexibility index (Phi) is 6.40. The third-order valence-corrected chi connectivity index (χ3v) is 6.45. The van der Waals surface area contributed by atoms with E-state index in [0.29, 0.717) is 25.3 Å². The molecule has 1 aliphatic carbocycles. The molecule has 3 fully saturated rings. The van der Waals surface area contributed by atoms with Crippen LogP contribution in [0.5, 0.6) is 0 Å². The third-order valence-electron chi connectivity index (χ3n) is 6.45. The first kappa shape index (κ1) is 20.1. The largest absolute Gasteiger partial charge is 0.354 e. The van der Waals surface area contributed by atoms with Crippen molar-refractivity contribution in [1.29, 1.82) is 0 Å². The van der Waals surface area contributed by atoms with E-state index >= 15 is 0 Å². The molecular formula is C20H34N4O3. The van der Waals surface area contributed by atoms with E-state index < -0.39 is 5.54 Å². The van der Waals surface area contributed by atoms with Gasteiger partial charge in [-0.15, -0.1) is 0 Å². The van der Waals surface area contributed by atoms with Crippen LogP contribution in [0.2, 0.25) is 0 Å². The Labute approximate surface area is 162 Å². The van der Waals surface area contributed by atoms with Crippen molar-refractivity contribution in [3.63, 3.8) is 0 Å². The average molecular weight is 379 g/mol. The lowest BCUT2D eigenvalue weighted by atomic mass is 9.81. The zero-order valence-corrected chi connectivity index (χ0v) is 16.8. The van der Waals surface area contributed by atoms with Crippen molar-refractivity contribution in [1.82, 2.24) is 20.0 Å². The van der Waals surface area contributed by atoms with Crippen molar-refractivity contribution >= 4 is 17.8 Å². The highest BCUT2D eigenvalue weighted by molar-refractivity contribution is 6.08. The summed E-state index contributed by atoms with van der Waals surface area (Å²) in [5, 5.41) is 2.92. The Balaban J connectivity index is 1.48. The second-order valence-corrected chi connectivity index (χ2v) is 8.60. The Morgan fingerprint density at radius 2 is 1.70 bits per heavy atom. The van der Waals surface area contributed by atoms with Crippen molar-refractivity contribution in [2.24, 2.45) is 5.92 Å². The Morgan fingerprint density at radius 1 is 1.07 bits per heavy atom. The van der Waals surface area contributed by atoms with Gasteiger partial charge in [-0.3, -0.25) is 14.5 Å². The zero-order chi connectivity index (χ0) is 19.4. The third kappa shape index (κ3) is 4.28. The summed E-state index contributed by atoms with van der Waals surface area (Å²) in [6, 6.07) is -0.335. The van der Waals surface area contributed by atoms with Gasteiger partial charge in [0.05, 0.1) is 0 Å². The van der Waals surface area contributed by atoms with Crippen molar-refractivity contribution < 1.29 is 14.4 Å². The predicted molar refractivity (Wildman–Crippen MR) is 103 cm³/mol. The molecule has 3 aliphatic rings. The van der Waals surface area contributed by atoms with Crippen LogP contribution in [0.3, 0.4) is 0 Å². The number of imide groups is 1. The summed E-state index contributed by atoms with van der Waals surface area (Å²) in [7, 11) is 1.70. The van der Waals surface area contributed by atoms with E-state index in [2.05, 4.69) is 17.1 Å². The maximum absolute atomic E-state index is 12.9. The minimum Gasteiger partial charge on any atom is -0.354 e. The molecule has 2 aliphatic heterocycles. The summed E-state index contributed by atoms with van der Waals surface area (Å²) in [5.74, 6) is -0.0842. The van der Waals surface area contributed by atoms with E-state index in [0.717, 1.165) is 43.8 Å². The summed E-state index contributed by atoms with van der Waals surface area (Å²) in [6.45, 7) is 5.80. The van der Waals surface area contributed by atoms with Gasteiger partial charge in [-0.2, -0.15) is 0 Å². The van der Waals surface area contributed by atoms with Gasteiger partial charge in [0, 0.05) is 20.1 Å². The molecule has 0 aromatic heterocycles. The molecule has 7 nitrogen and oxygen atoms in total. The smallest absolute Gasteiger partial charge is 0.327 e. The number of nitrogens with one attached hydrogen (secondary N) is 1. The summed E-state index contributed by atoms with van der Waals surface area (Å²) in [6.07, 6.45) is 8.26. The number of hydrogen-bond donors (Lipinski definition) is 1. The monoisotopic (exact) mass is 378 g/mol. The predicted octanol–water partition coefficient (Wildman–Crippen LogP) is 1.82. The number of hydrogen-bond acceptors (Lipinski definition) is 4. The van der Waals surface area contributed by atoms with Gasteiger partial charge in [-0.25, -0.2) is 4.79 Å². The fourth-order valence-corrected chi connectivity index (χ4v) is 4.81. The second kappa shape index (κ2) is 8.59. The van der Waals surface area contributed by atoms with E-state index in [1.807, 2.05) is 0 Å². The normalized spacial score (nSPS) is 24.5. The molecule has 4 amide bonds. The van der Waals surface area contributed by atoms with Crippen LogP contribution in [0.25, 0.3) is 0 Å². The first-order chi connectivity index (χ1) is 12.9. The quantitative estimate of drug-likeness (QED) is 0.716. The van der Waals surface area contributed by atoms with E-state index in [1.54, 1.807) is 11.9 Å². The molecule has 0 aromatic carbocycles. The zero-order valence-electron chi connectivity index (χ0n) is 16.8. The lowest BCUT2D eigenvalue weighted by Crippen LogP contribution is -2.49. The number of amides is 4. The standard InChI is InChI=1S/C20H34N4O3/c1-16(14-23-11-7-4-8-12-23)13-21-17(25)15-24-18(26)20(22(2)19(24)27)9-5-3-6-10-20/h16H,3-15H2,1-2H3,(H,21,25). The molecule has 1 N–H and O–H groups in total. The molecule has 1 unspecified atom stereocenters. The lowest BCUT2D eigenvalue weighted by molar-refractivity contribution is -0.137. The van der Waals surface area contributed by atoms with Crippen LogP contribution in [-0.4, -0.2) is 77.9 Å². The van der Waals surface area contributed by atoms with E-state index in [1.165, 1.54) is 19.3 Å². The lowest BCUT2D eigenvalue weighted by Gasteiger charge is -2.35. The number of carbonyl (C=O) groups excluding carboxylic acids is 3. The van der Waals surface area contributed by atoms with Gasteiger partial charge < -0.3 is 15.1 Å². The summed E-state index contributed by atoms with van der Waals surface area (Å²) >= 11 is 0. The summed E-state index contributed by atoms with van der Waals surface area (Å²) in [4.78, 5) is 43.0.